The molecule has 3 heterocycles. The van der Waals surface area contributed by atoms with Gasteiger partial charge >= 0.3 is 0 Å². The zero-order valence-corrected chi connectivity index (χ0v) is 20.0. The summed E-state index contributed by atoms with van der Waals surface area (Å²) in [5, 5.41) is 9.77. The monoisotopic (exact) mass is 473 g/mol. The number of phenols is 1. The molecule has 0 aliphatic carbocycles. The van der Waals surface area contributed by atoms with Crippen LogP contribution in [0.1, 0.15) is 39.9 Å². The molecule has 34 heavy (non-hydrogen) atoms. The van der Waals surface area contributed by atoms with Crippen LogP contribution in [0.2, 0.25) is 5.15 Å². The Bertz CT molecular complexity index is 1230. The van der Waals surface area contributed by atoms with Gasteiger partial charge in [0.2, 0.25) is 0 Å². The van der Waals surface area contributed by atoms with Crippen molar-refractivity contribution in [3.8, 4) is 5.75 Å². The normalized spacial score (nSPS) is 17.4. The number of likely N-dealkylation sites (tertiary alicyclic amines) is 1. The van der Waals surface area contributed by atoms with Crippen molar-refractivity contribution in [3.63, 3.8) is 0 Å². The van der Waals surface area contributed by atoms with Gasteiger partial charge in [0.05, 0.1) is 0 Å². The van der Waals surface area contributed by atoms with E-state index in [-0.39, 0.29) is 17.1 Å². The summed E-state index contributed by atoms with van der Waals surface area (Å²) in [5.74, 6) is 0.260. The van der Waals surface area contributed by atoms with Crippen molar-refractivity contribution in [2.45, 2.75) is 25.2 Å². The number of nitrogens with zero attached hydrogens (tertiary/aromatic N) is 3. The van der Waals surface area contributed by atoms with Crippen LogP contribution in [0.5, 0.6) is 5.75 Å². The van der Waals surface area contributed by atoms with Crippen molar-refractivity contribution in [3.05, 3.63) is 94.3 Å². The number of pyridine rings is 1. The molecular formula is C28H28ClN3O2. The second-order valence-electron chi connectivity index (χ2n) is 9.35. The number of piperidine rings is 1. The van der Waals surface area contributed by atoms with E-state index in [2.05, 4.69) is 47.2 Å². The van der Waals surface area contributed by atoms with Crippen molar-refractivity contribution in [1.29, 1.82) is 0 Å². The minimum Gasteiger partial charge on any atom is -0.508 e. The molecule has 5 rings (SSSR count). The van der Waals surface area contributed by atoms with Gasteiger partial charge in [-0.2, -0.15) is 0 Å². The fourth-order valence-electron chi connectivity index (χ4n) is 5.17. The SMILES string of the molecule is Cc1ccc2c(c1)C1(CCN(C/C=C/c3ccc(O)cc3)CC1)CN2C(=O)c1ccnc(Cl)c1. The molecule has 1 N–H and O–H groups in total. The number of carbonyl (C=O) groups excluding carboxylic acids is 1. The minimum atomic E-state index is -0.0228. The van der Waals surface area contributed by atoms with Gasteiger partial charge in [-0.1, -0.05) is 53.6 Å². The molecule has 2 aromatic carbocycles. The summed E-state index contributed by atoms with van der Waals surface area (Å²) >= 11 is 6.06. The standard InChI is InChI=1S/C28H28ClN3O2/c1-20-4-9-25-24(17-20)28(19-32(25)27(34)22-10-13-30-26(29)18-22)11-15-31(16-12-28)14-2-3-21-5-7-23(33)8-6-21/h2-10,13,17-18,33H,11-12,14-16,19H2,1H3/b3-2+. The first-order valence-corrected chi connectivity index (χ1v) is 12.0. The second kappa shape index (κ2) is 9.24. The van der Waals surface area contributed by atoms with Gasteiger partial charge < -0.3 is 10.0 Å². The van der Waals surface area contributed by atoms with E-state index in [1.54, 1.807) is 30.5 Å². The van der Waals surface area contributed by atoms with Crippen LogP contribution >= 0.6 is 11.6 Å². The zero-order chi connectivity index (χ0) is 23.7. The molecule has 2 aliphatic rings. The van der Waals surface area contributed by atoms with Crippen LogP contribution in [0.3, 0.4) is 0 Å². The van der Waals surface area contributed by atoms with E-state index in [1.165, 1.54) is 11.1 Å². The van der Waals surface area contributed by atoms with Crippen LogP contribution in [0.4, 0.5) is 5.69 Å². The fourth-order valence-corrected chi connectivity index (χ4v) is 5.34. The summed E-state index contributed by atoms with van der Waals surface area (Å²) in [6.45, 7) is 5.66. The summed E-state index contributed by atoms with van der Waals surface area (Å²) in [5.41, 5.74) is 5.16. The number of aromatic nitrogens is 1. The van der Waals surface area contributed by atoms with Gasteiger partial charge in [-0.15, -0.1) is 0 Å². The molecule has 1 fully saturated rings. The highest BCUT2D eigenvalue weighted by Gasteiger charge is 2.46. The van der Waals surface area contributed by atoms with E-state index in [4.69, 9.17) is 11.6 Å². The van der Waals surface area contributed by atoms with Gasteiger partial charge in [-0.25, -0.2) is 4.98 Å². The third-order valence-electron chi connectivity index (χ3n) is 7.07. The lowest BCUT2D eigenvalue weighted by molar-refractivity contribution is 0.0977. The van der Waals surface area contributed by atoms with Crippen LogP contribution in [-0.4, -0.2) is 47.1 Å². The van der Waals surface area contributed by atoms with Gasteiger partial charge in [-0.05, 0) is 74.3 Å². The summed E-state index contributed by atoms with van der Waals surface area (Å²) in [6, 6.07) is 17.1. The lowest BCUT2D eigenvalue weighted by Crippen LogP contribution is -2.46. The van der Waals surface area contributed by atoms with Crippen LogP contribution in [0.15, 0.2) is 66.9 Å². The van der Waals surface area contributed by atoms with E-state index < -0.39 is 0 Å². The van der Waals surface area contributed by atoms with Crippen LogP contribution in [-0.2, 0) is 5.41 Å². The zero-order valence-electron chi connectivity index (χ0n) is 19.2. The van der Waals surface area contributed by atoms with E-state index in [0.29, 0.717) is 17.3 Å². The topological polar surface area (TPSA) is 56.7 Å². The Labute approximate surface area is 205 Å². The molecule has 1 aromatic heterocycles. The smallest absolute Gasteiger partial charge is 0.258 e. The molecule has 6 heteroatoms. The predicted molar refractivity (Wildman–Crippen MR) is 137 cm³/mol. The number of fused-ring (bicyclic) bond motifs is 2. The van der Waals surface area contributed by atoms with Crippen molar-refractivity contribution in [2.24, 2.45) is 0 Å². The molecule has 2 aliphatic heterocycles. The molecule has 0 saturated carbocycles. The number of hydrogen-bond donors (Lipinski definition) is 1. The Morgan fingerprint density at radius 2 is 1.88 bits per heavy atom. The van der Waals surface area contributed by atoms with Gasteiger partial charge in [-0.3, -0.25) is 9.69 Å². The first-order valence-electron chi connectivity index (χ1n) is 11.7. The number of rotatable bonds is 4. The molecule has 174 valence electrons. The Balaban J connectivity index is 1.31. The molecule has 0 radical (unpaired) electrons. The fraction of sp³-hybridized carbons (Fsp3) is 0.286. The lowest BCUT2D eigenvalue weighted by Gasteiger charge is -2.39. The number of carbonyl (C=O) groups is 1. The average Bonchev–Trinajstić information content (AvgIpc) is 3.14. The third kappa shape index (κ3) is 4.46. The highest BCUT2D eigenvalue weighted by atomic mass is 35.5. The number of halogens is 1. The number of aromatic hydroxyl groups is 1. The van der Waals surface area contributed by atoms with Gasteiger partial charge in [0.1, 0.15) is 10.9 Å². The molecule has 0 unspecified atom stereocenters. The maximum Gasteiger partial charge on any atom is 0.258 e. The van der Waals surface area contributed by atoms with Crippen LogP contribution < -0.4 is 4.90 Å². The molecule has 1 spiro atoms. The Morgan fingerprint density at radius 3 is 2.62 bits per heavy atom. The summed E-state index contributed by atoms with van der Waals surface area (Å²) in [4.78, 5) is 21.8. The molecule has 1 amide bonds. The number of amides is 1. The Kier molecular flexibility index (Phi) is 6.15. The summed E-state index contributed by atoms with van der Waals surface area (Å²) < 4.78 is 0. The van der Waals surface area contributed by atoms with E-state index in [1.807, 2.05) is 17.0 Å². The highest BCUT2D eigenvalue weighted by molar-refractivity contribution is 6.29. The lowest BCUT2D eigenvalue weighted by atomic mass is 9.74. The van der Waals surface area contributed by atoms with Crippen molar-refractivity contribution >= 4 is 29.3 Å². The number of hydrogen-bond acceptors (Lipinski definition) is 4. The van der Waals surface area contributed by atoms with Crippen molar-refractivity contribution in [1.82, 2.24) is 9.88 Å². The molecule has 3 aromatic rings. The molecule has 1 saturated heterocycles. The number of anilines is 1. The van der Waals surface area contributed by atoms with E-state index in [0.717, 1.165) is 43.7 Å². The number of aryl methyl sites for hydroxylation is 1. The average molecular weight is 474 g/mol. The van der Waals surface area contributed by atoms with E-state index in [9.17, 15) is 9.90 Å². The van der Waals surface area contributed by atoms with E-state index >= 15 is 0 Å². The summed E-state index contributed by atoms with van der Waals surface area (Å²) in [6.07, 6.45) is 7.88. The third-order valence-corrected chi connectivity index (χ3v) is 7.28. The minimum absolute atomic E-state index is 0.0226. The maximum absolute atomic E-state index is 13.4. The first-order chi connectivity index (χ1) is 16.4. The van der Waals surface area contributed by atoms with Crippen LogP contribution in [0, 0.1) is 6.92 Å². The summed E-state index contributed by atoms with van der Waals surface area (Å²) in [7, 11) is 0. The van der Waals surface area contributed by atoms with Gasteiger partial charge in [0, 0.05) is 36.0 Å². The Hall–Kier alpha value is -3.15. The first kappa shape index (κ1) is 22.6. The maximum atomic E-state index is 13.4. The highest BCUT2D eigenvalue weighted by Crippen LogP contribution is 2.47. The largest absolute Gasteiger partial charge is 0.508 e. The van der Waals surface area contributed by atoms with Gasteiger partial charge in [0.15, 0.2) is 0 Å². The predicted octanol–water partition coefficient (Wildman–Crippen LogP) is 5.46. The van der Waals surface area contributed by atoms with Crippen LogP contribution in [0.25, 0.3) is 6.08 Å². The second-order valence-corrected chi connectivity index (χ2v) is 9.74. The Morgan fingerprint density at radius 1 is 1.12 bits per heavy atom. The molecule has 0 atom stereocenters. The quantitative estimate of drug-likeness (QED) is 0.511. The van der Waals surface area contributed by atoms with Crippen molar-refractivity contribution in [2.75, 3.05) is 31.1 Å². The molecule has 5 nitrogen and oxygen atoms in total. The molecular weight excluding hydrogens is 446 g/mol. The number of benzene rings is 2. The van der Waals surface area contributed by atoms with Crippen molar-refractivity contribution < 1.29 is 9.90 Å². The molecule has 0 bridgehead atoms. The number of phenolic OH excluding ortho intramolecular Hbond substituents is 1. The van der Waals surface area contributed by atoms with Gasteiger partial charge in [0.25, 0.3) is 5.91 Å².